The van der Waals surface area contributed by atoms with Gasteiger partial charge in [-0.3, -0.25) is 4.79 Å². The molecule has 0 aromatic carbocycles. The Kier molecular flexibility index (Phi) is 4.04. The smallest absolute Gasteiger partial charge is 0.306 e. The van der Waals surface area contributed by atoms with Crippen LogP contribution in [0.5, 0.6) is 0 Å². The lowest BCUT2D eigenvalue weighted by molar-refractivity contribution is -0.144. The Morgan fingerprint density at radius 3 is 2.45 bits per heavy atom. The number of fused-ring (bicyclic) bond motifs is 2. The number of rotatable bonds is 5. The highest BCUT2D eigenvalue weighted by atomic mass is 16.4. The van der Waals surface area contributed by atoms with Crippen LogP contribution in [0.4, 0.5) is 0 Å². The van der Waals surface area contributed by atoms with Gasteiger partial charge in [-0.1, -0.05) is 6.42 Å². The fourth-order valence-corrected chi connectivity index (χ4v) is 4.70. The molecule has 3 unspecified atom stereocenters. The number of nitrogens with one attached hydrogen (secondary N) is 1. The van der Waals surface area contributed by atoms with E-state index in [4.69, 9.17) is 5.11 Å². The Labute approximate surface area is 120 Å². The van der Waals surface area contributed by atoms with E-state index in [9.17, 15) is 9.90 Å². The van der Waals surface area contributed by atoms with Crippen LogP contribution in [0.1, 0.15) is 51.4 Å². The summed E-state index contributed by atoms with van der Waals surface area (Å²) < 4.78 is 0. The van der Waals surface area contributed by atoms with Crippen LogP contribution in [0.15, 0.2) is 0 Å². The molecule has 0 radical (unpaired) electrons. The SMILES string of the molecule is O=C(O)C1CCC(O)(CNCC2CC3CCC2C3)CC1. The van der Waals surface area contributed by atoms with Crippen LogP contribution in [-0.4, -0.2) is 34.9 Å². The Morgan fingerprint density at radius 2 is 1.90 bits per heavy atom. The average Bonchev–Trinajstić information content (AvgIpc) is 3.01. The molecule has 0 saturated heterocycles. The molecule has 114 valence electrons. The Morgan fingerprint density at radius 1 is 1.15 bits per heavy atom. The summed E-state index contributed by atoms with van der Waals surface area (Å²) in [5.74, 6) is 1.75. The predicted octanol–water partition coefficient (Wildman–Crippen LogP) is 2.02. The summed E-state index contributed by atoms with van der Waals surface area (Å²) in [6.07, 6.45) is 8.10. The van der Waals surface area contributed by atoms with E-state index in [0.717, 1.165) is 24.3 Å². The fourth-order valence-electron chi connectivity index (χ4n) is 4.70. The zero-order valence-electron chi connectivity index (χ0n) is 12.2. The lowest BCUT2D eigenvalue weighted by Gasteiger charge is -2.35. The number of hydrogen-bond acceptors (Lipinski definition) is 3. The lowest BCUT2D eigenvalue weighted by atomic mass is 9.78. The molecule has 0 aliphatic heterocycles. The predicted molar refractivity (Wildman–Crippen MR) is 76.4 cm³/mol. The van der Waals surface area contributed by atoms with Crippen molar-refractivity contribution in [1.29, 1.82) is 0 Å². The molecule has 3 aliphatic rings. The number of aliphatic carboxylic acids is 1. The first-order valence-corrected chi connectivity index (χ1v) is 8.22. The summed E-state index contributed by atoms with van der Waals surface area (Å²) in [4.78, 5) is 10.9. The van der Waals surface area contributed by atoms with Crippen molar-refractivity contribution in [3.05, 3.63) is 0 Å². The number of hydrogen-bond donors (Lipinski definition) is 3. The van der Waals surface area contributed by atoms with Crippen LogP contribution < -0.4 is 5.32 Å². The quantitative estimate of drug-likeness (QED) is 0.721. The van der Waals surface area contributed by atoms with Crippen molar-refractivity contribution >= 4 is 5.97 Å². The van der Waals surface area contributed by atoms with Crippen LogP contribution in [0.3, 0.4) is 0 Å². The third kappa shape index (κ3) is 3.01. The monoisotopic (exact) mass is 281 g/mol. The first-order valence-electron chi connectivity index (χ1n) is 8.22. The topological polar surface area (TPSA) is 69.6 Å². The number of carboxylic acid groups (broad SMARTS) is 1. The van der Waals surface area contributed by atoms with Crippen LogP contribution in [0.25, 0.3) is 0 Å². The van der Waals surface area contributed by atoms with Crippen molar-refractivity contribution in [3.8, 4) is 0 Å². The van der Waals surface area contributed by atoms with E-state index < -0.39 is 11.6 Å². The van der Waals surface area contributed by atoms with Crippen LogP contribution in [0, 0.1) is 23.7 Å². The lowest BCUT2D eigenvalue weighted by Crippen LogP contribution is -2.45. The molecule has 20 heavy (non-hydrogen) atoms. The molecule has 4 heteroatoms. The standard InChI is InChI=1S/C16H27NO3/c18-15(19)12-3-5-16(20,6-4-12)10-17-9-14-8-11-1-2-13(14)7-11/h11-14,17,20H,1-10H2,(H,18,19). The maximum atomic E-state index is 10.9. The molecule has 3 N–H and O–H groups in total. The second-order valence-corrected chi connectivity index (χ2v) is 7.40. The molecule has 3 saturated carbocycles. The maximum Gasteiger partial charge on any atom is 0.306 e. The molecular formula is C16H27NO3. The second kappa shape index (κ2) is 5.64. The zero-order chi connectivity index (χ0) is 14.2. The van der Waals surface area contributed by atoms with Crippen molar-refractivity contribution in [2.75, 3.05) is 13.1 Å². The Bertz CT molecular complexity index is 363. The van der Waals surface area contributed by atoms with E-state index in [1.54, 1.807) is 0 Å². The van der Waals surface area contributed by atoms with Gasteiger partial charge in [-0.15, -0.1) is 0 Å². The summed E-state index contributed by atoms with van der Waals surface area (Å²) in [5, 5.41) is 23.0. The van der Waals surface area contributed by atoms with E-state index in [-0.39, 0.29) is 5.92 Å². The van der Waals surface area contributed by atoms with Crippen LogP contribution in [0.2, 0.25) is 0 Å². The molecule has 0 aromatic heterocycles. The van der Waals surface area contributed by atoms with Gasteiger partial charge in [0.15, 0.2) is 0 Å². The Balaban J connectivity index is 1.39. The molecule has 3 atom stereocenters. The molecule has 4 nitrogen and oxygen atoms in total. The van der Waals surface area contributed by atoms with E-state index in [1.165, 1.54) is 25.7 Å². The first-order chi connectivity index (χ1) is 9.56. The number of aliphatic hydroxyl groups is 1. The summed E-state index contributed by atoms with van der Waals surface area (Å²) in [7, 11) is 0. The van der Waals surface area contributed by atoms with Crippen LogP contribution in [-0.2, 0) is 4.79 Å². The minimum Gasteiger partial charge on any atom is -0.481 e. The van der Waals surface area contributed by atoms with E-state index in [1.807, 2.05) is 0 Å². The molecule has 0 heterocycles. The molecule has 2 bridgehead atoms. The summed E-state index contributed by atoms with van der Waals surface area (Å²) in [5.41, 5.74) is -0.677. The van der Waals surface area contributed by atoms with Gasteiger partial charge in [-0.25, -0.2) is 0 Å². The highest BCUT2D eigenvalue weighted by molar-refractivity contribution is 5.70. The second-order valence-electron chi connectivity index (χ2n) is 7.40. The summed E-state index contributed by atoms with van der Waals surface area (Å²) >= 11 is 0. The first kappa shape index (κ1) is 14.3. The molecule has 3 fully saturated rings. The highest BCUT2D eigenvalue weighted by Crippen LogP contribution is 2.48. The van der Waals surface area contributed by atoms with E-state index >= 15 is 0 Å². The van der Waals surface area contributed by atoms with Gasteiger partial charge < -0.3 is 15.5 Å². The zero-order valence-corrected chi connectivity index (χ0v) is 12.2. The van der Waals surface area contributed by atoms with Crippen molar-refractivity contribution in [2.45, 2.75) is 57.0 Å². The van der Waals surface area contributed by atoms with Crippen molar-refractivity contribution in [1.82, 2.24) is 5.32 Å². The van der Waals surface area contributed by atoms with Crippen LogP contribution >= 0.6 is 0 Å². The molecular weight excluding hydrogens is 254 g/mol. The van der Waals surface area contributed by atoms with Gasteiger partial charge >= 0.3 is 5.97 Å². The Hall–Kier alpha value is -0.610. The van der Waals surface area contributed by atoms with Gasteiger partial charge in [0.2, 0.25) is 0 Å². The number of carboxylic acids is 1. The van der Waals surface area contributed by atoms with Gasteiger partial charge in [0, 0.05) is 6.54 Å². The molecule has 0 amide bonds. The summed E-state index contributed by atoms with van der Waals surface area (Å²) in [6.45, 7) is 1.67. The average molecular weight is 281 g/mol. The molecule has 3 rings (SSSR count). The van der Waals surface area contributed by atoms with Gasteiger partial charge in [-0.05, 0) is 69.2 Å². The highest BCUT2D eigenvalue weighted by Gasteiger charge is 2.40. The summed E-state index contributed by atoms with van der Waals surface area (Å²) in [6, 6.07) is 0. The third-order valence-corrected chi connectivity index (χ3v) is 6.01. The molecule has 0 spiro atoms. The third-order valence-electron chi connectivity index (χ3n) is 6.01. The van der Waals surface area contributed by atoms with Crippen molar-refractivity contribution in [3.63, 3.8) is 0 Å². The van der Waals surface area contributed by atoms with Gasteiger partial charge in [-0.2, -0.15) is 0 Å². The van der Waals surface area contributed by atoms with E-state index in [2.05, 4.69) is 5.32 Å². The van der Waals surface area contributed by atoms with E-state index in [0.29, 0.717) is 32.2 Å². The van der Waals surface area contributed by atoms with Crippen molar-refractivity contribution in [2.24, 2.45) is 23.7 Å². The maximum absolute atomic E-state index is 10.9. The number of carbonyl (C=O) groups is 1. The largest absolute Gasteiger partial charge is 0.481 e. The van der Waals surface area contributed by atoms with Gasteiger partial charge in [0.25, 0.3) is 0 Å². The normalized spacial score (nSPS) is 43.9. The van der Waals surface area contributed by atoms with Gasteiger partial charge in [0.1, 0.15) is 0 Å². The fraction of sp³-hybridized carbons (Fsp3) is 0.938. The molecule has 0 aromatic rings. The minimum absolute atomic E-state index is 0.249. The molecule has 3 aliphatic carbocycles. The van der Waals surface area contributed by atoms with Crippen molar-refractivity contribution < 1.29 is 15.0 Å². The minimum atomic E-state index is -0.706. The van der Waals surface area contributed by atoms with Gasteiger partial charge in [0.05, 0.1) is 11.5 Å².